The van der Waals surface area contributed by atoms with Crippen LogP contribution >= 0.6 is 0 Å². The van der Waals surface area contributed by atoms with Gasteiger partial charge in [0.1, 0.15) is 6.54 Å². The van der Waals surface area contributed by atoms with Gasteiger partial charge in [-0.1, -0.05) is 6.92 Å². The second-order valence-corrected chi connectivity index (χ2v) is 2.97. The van der Waals surface area contributed by atoms with Crippen LogP contribution in [0.15, 0.2) is 16.8 Å². The number of aryl methyl sites for hydroxylation is 1. The molecule has 0 atom stereocenters. The first-order chi connectivity index (χ1) is 7.33. The number of rotatable bonds is 4. The average Bonchev–Trinajstić information content (AvgIpc) is 2.87. The fraction of sp³-hybridized carbons (Fsp3) is 0.333. The Morgan fingerprint density at radius 3 is 2.93 bits per heavy atom. The summed E-state index contributed by atoms with van der Waals surface area (Å²) < 4.78 is 6.97. The van der Waals surface area contributed by atoms with Crippen LogP contribution in [0, 0.1) is 0 Å². The van der Waals surface area contributed by atoms with Crippen molar-refractivity contribution in [3.8, 4) is 0 Å². The highest BCUT2D eigenvalue weighted by atomic mass is 16.4. The van der Waals surface area contributed by atoms with E-state index in [1.807, 2.05) is 6.92 Å². The molecule has 0 radical (unpaired) electrons. The molecule has 2 heterocycles. The minimum Gasteiger partial charge on any atom is -0.423 e. The number of hydrogen-bond donors (Lipinski definition) is 0. The predicted octanol–water partition coefficient (Wildman–Crippen LogP) is 0.689. The summed E-state index contributed by atoms with van der Waals surface area (Å²) in [5.41, 5.74) is 0. The molecule has 6 heteroatoms. The maximum Gasteiger partial charge on any atom is 0.236 e. The van der Waals surface area contributed by atoms with Crippen LogP contribution in [0.4, 0.5) is 0 Å². The van der Waals surface area contributed by atoms with Gasteiger partial charge in [-0.05, 0) is 0 Å². The molecule has 0 fully saturated rings. The Labute approximate surface area is 86.0 Å². The van der Waals surface area contributed by atoms with E-state index in [4.69, 9.17) is 4.42 Å². The van der Waals surface area contributed by atoms with Crippen LogP contribution in [0.1, 0.15) is 29.3 Å². The van der Waals surface area contributed by atoms with E-state index in [-0.39, 0.29) is 0 Å². The lowest BCUT2D eigenvalue weighted by atomic mass is 10.5. The molecule has 0 bridgehead atoms. The van der Waals surface area contributed by atoms with Gasteiger partial charge in [0.15, 0.2) is 12.1 Å². The van der Waals surface area contributed by atoms with Crippen LogP contribution in [0.3, 0.4) is 0 Å². The van der Waals surface area contributed by atoms with Gasteiger partial charge in [-0.15, -0.1) is 10.2 Å². The second kappa shape index (κ2) is 4.04. The summed E-state index contributed by atoms with van der Waals surface area (Å²) in [6, 6.07) is 0. The van der Waals surface area contributed by atoms with Crippen LogP contribution in [0.2, 0.25) is 0 Å². The molecule has 2 rings (SSSR count). The summed E-state index contributed by atoms with van der Waals surface area (Å²) in [6.07, 6.45) is 4.65. The highest BCUT2D eigenvalue weighted by Crippen LogP contribution is 2.04. The standard InChI is InChI=1S/C9H10N4O2/c1-2-8-11-12-9(15-8)5-13-4-3-10-7(13)6-14/h3-4,6H,2,5H2,1H3. The predicted molar refractivity (Wildman–Crippen MR) is 50.4 cm³/mol. The molecule has 0 saturated heterocycles. The third-order valence-corrected chi connectivity index (χ3v) is 1.97. The minimum atomic E-state index is 0.353. The number of imidazole rings is 1. The van der Waals surface area contributed by atoms with Gasteiger partial charge in [0.25, 0.3) is 0 Å². The zero-order chi connectivity index (χ0) is 10.7. The van der Waals surface area contributed by atoms with E-state index in [2.05, 4.69) is 15.2 Å². The van der Waals surface area contributed by atoms with E-state index in [0.29, 0.717) is 36.9 Å². The van der Waals surface area contributed by atoms with Crippen LogP contribution in [0.5, 0.6) is 0 Å². The molecule has 78 valence electrons. The largest absolute Gasteiger partial charge is 0.423 e. The van der Waals surface area contributed by atoms with Gasteiger partial charge >= 0.3 is 0 Å². The Morgan fingerprint density at radius 2 is 2.27 bits per heavy atom. The zero-order valence-electron chi connectivity index (χ0n) is 8.25. The van der Waals surface area contributed by atoms with Crippen molar-refractivity contribution in [3.63, 3.8) is 0 Å². The number of aldehydes is 1. The van der Waals surface area contributed by atoms with Crippen molar-refractivity contribution >= 4 is 6.29 Å². The van der Waals surface area contributed by atoms with Gasteiger partial charge in [0.2, 0.25) is 11.8 Å². The third kappa shape index (κ3) is 1.93. The Kier molecular flexibility index (Phi) is 2.57. The van der Waals surface area contributed by atoms with Crippen molar-refractivity contribution in [1.82, 2.24) is 19.7 Å². The first-order valence-electron chi connectivity index (χ1n) is 4.61. The zero-order valence-corrected chi connectivity index (χ0v) is 8.25. The molecule has 0 N–H and O–H groups in total. The molecule has 0 aliphatic heterocycles. The van der Waals surface area contributed by atoms with E-state index in [9.17, 15) is 4.79 Å². The number of aromatic nitrogens is 4. The summed E-state index contributed by atoms with van der Waals surface area (Å²) in [4.78, 5) is 14.5. The van der Waals surface area contributed by atoms with Gasteiger partial charge in [-0.2, -0.15) is 0 Å². The lowest BCUT2D eigenvalue weighted by Crippen LogP contribution is -2.03. The Bertz CT molecular complexity index is 460. The molecule has 0 amide bonds. The molecule has 0 aliphatic carbocycles. The maximum atomic E-state index is 10.6. The monoisotopic (exact) mass is 206 g/mol. The van der Waals surface area contributed by atoms with E-state index in [1.165, 1.54) is 0 Å². The smallest absolute Gasteiger partial charge is 0.236 e. The second-order valence-electron chi connectivity index (χ2n) is 2.97. The van der Waals surface area contributed by atoms with Crippen LogP contribution < -0.4 is 0 Å². The summed E-state index contributed by atoms with van der Waals surface area (Å²) in [5, 5.41) is 7.69. The molecule has 0 aromatic carbocycles. The van der Waals surface area contributed by atoms with Crippen molar-refractivity contribution in [2.45, 2.75) is 19.9 Å². The Hall–Kier alpha value is -1.98. The average molecular weight is 206 g/mol. The van der Waals surface area contributed by atoms with Crippen molar-refractivity contribution in [2.24, 2.45) is 0 Å². The summed E-state index contributed by atoms with van der Waals surface area (Å²) in [7, 11) is 0. The van der Waals surface area contributed by atoms with Crippen molar-refractivity contribution in [2.75, 3.05) is 0 Å². The van der Waals surface area contributed by atoms with Crippen molar-refractivity contribution < 1.29 is 9.21 Å². The number of carbonyl (C=O) groups excluding carboxylic acids is 1. The van der Waals surface area contributed by atoms with E-state index < -0.39 is 0 Å². The quantitative estimate of drug-likeness (QED) is 0.688. The van der Waals surface area contributed by atoms with E-state index in [1.54, 1.807) is 17.0 Å². The molecule has 2 aromatic rings. The normalized spacial score (nSPS) is 10.5. The number of hydrogen-bond acceptors (Lipinski definition) is 5. The van der Waals surface area contributed by atoms with Crippen LogP contribution in [-0.4, -0.2) is 26.0 Å². The first kappa shape index (κ1) is 9.57. The van der Waals surface area contributed by atoms with E-state index in [0.717, 1.165) is 0 Å². The lowest BCUT2D eigenvalue weighted by molar-refractivity contribution is 0.111. The molecule has 6 nitrogen and oxygen atoms in total. The molecular formula is C9H10N4O2. The van der Waals surface area contributed by atoms with Crippen molar-refractivity contribution in [3.05, 3.63) is 30.0 Å². The van der Waals surface area contributed by atoms with Crippen LogP contribution in [-0.2, 0) is 13.0 Å². The minimum absolute atomic E-state index is 0.353. The summed E-state index contributed by atoms with van der Waals surface area (Å²) >= 11 is 0. The summed E-state index contributed by atoms with van der Waals surface area (Å²) in [5.74, 6) is 1.43. The molecule has 0 spiro atoms. The first-order valence-corrected chi connectivity index (χ1v) is 4.61. The lowest BCUT2D eigenvalue weighted by Gasteiger charge is -1.98. The van der Waals surface area contributed by atoms with Crippen molar-refractivity contribution in [1.29, 1.82) is 0 Å². The highest BCUT2D eigenvalue weighted by molar-refractivity contribution is 5.69. The molecule has 0 unspecified atom stereocenters. The third-order valence-electron chi connectivity index (χ3n) is 1.97. The Balaban J connectivity index is 2.17. The SMILES string of the molecule is CCc1nnc(Cn2ccnc2C=O)o1. The number of carbonyl (C=O) groups is 1. The van der Waals surface area contributed by atoms with Gasteiger partial charge in [-0.25, -0.2) is 4.98 Å². The molecule has 15 heavy (non-hydrogen) atoms. The number of nitrogens with zero attached hydrogens (tertiary/aromatic N) is 4. The summed E-state index contributed by atoms with van der Waals surface area (Å²) in [6.45, 7) is 2.31. The van der Waals surface area contributed by atoms with E-state index >= 15 is 0 Å². The molecule has 0 saturated carbocycles. The molecular weight excluding hydrogens is 196 g/mol. The molecule has 0 aliphatic rings. The molecule has 2 aromatic heterocycles. The highest BCUT2D eigenvalue weighted by Gasteiger charge is 2.07. The van der Waals surface area contributed by atoms with Gasteiger partial charge in [0.05, 0.1) is 0 Å². The van der Waals surface area contributed by atoms with Gasteiger partial charge < -0.3 is 8.98 Å². The van der Waals surface area contributed by atoms with Gasteiger partial charge in [-0.3, -0.25) is 4.79 Å². The van der Waals surface area contributed by atoms with Gasteiger partial charge in [0, 0.05) is 18.8 Å². The van der Waals surface area contributed by atoms with Crippen LogP contribution in [0.25, 0.3) is 0 Å². The maximum absolute atomic E-state index is 10.6. The topological polar surface area (TPSA) is 73.8 Å². The fourth-order valence-corrected chi connectivity index (χ4v) is 1.21. The fourth-order valence-electron chi connectivity index (χ4n) is 1.21. The Morgan fingerprint density at radius 1 is 1.47 bits per heavy atom.